The van der Waals surface area contributed by atoms with Crippen LogP contribution in [0, 0.1) is 0 Å². The Balaban J connectivity index is 1.33. The predicted octanol–water partition coefficient (Wildman–Crippen LogP) is 4.40. The predicted molar refractivity (Wildman–Crippen MR) is 107 cm³/mol. The third-order valence-corrected chi connectivity index (χ3v) is 5.43. The molecular weight excluding hydrogens is 358 g/mol. The number of ether oxygens (including phenoxy) is 1. The third-order valence-electron chi connectivity index (χ3n) is 4.47. The molecule has 1 atom stereocenters. The summed E-state index contributed by atoms with van der Waals surface area (Å²) in [6, 6.07) is 17.7. The van der Waals surface area contributed by atoms with Crippen LogP contribution in [0.25, 0.3) is 0 Å². The summed E-state index contributed by atoms with van der Waals surface area (Å²) in [4.78, 5) is 16.9. The van der Waals surface area contributed by atoms with E-state index in [1.54, 1.807) is 0 Å². The van der Waals surface area contributed by atoms with E-state index in [4.69, 9.17) is 4.74 Å². The summed E-state index contributed by atoms with van der Waals surface area (Å²) in [6.07, 6.45) is 2.24. The Kier molecular flexibility index (Phi) is 5.46. The maximum absolute atomic E-state index is 12.4. The molecule has 2 aromatic carbocycles. The number of nitrogens with one attached hydrogen (secondary N) is 2. The molecule has 4 rings (SSSR count). The third kappa shape index (κ3) is 4.53. The largest absolute Gasteiger partial charge is 0.489 e. The number of nitrogens with zero attached hydrogens (tertiary/aromatic N) is 1. The van der Waals surface area contributed by atoms with E-state index in [0.29, 0.717) is 12.3 Å². The molecule has 1 saturated heterocycles. The average Bonchev–Trinajstić information content (AvgIpc) is 3.40. The molecule has 1 amide bonds. The van der Waals surface area contributed by atoms with Crippen LogP contribution >= 0.6 is 11.3 Å². The molecule has 0 saturated carbocycles. The number of anilines is 1. The Hall–Kier alpha value is -2.70. The van der Waals surface area contributed by atoms with Crippen LogP contribution in [-0.2, 0) is 6.61 Å². The summed E-state index contributed by atoms with van der Waals surface area (Å²) in [5.41, 5.74) is 2.31. The number of hydrogen-bond donors (Lipinski definition) is 2. The first-order valence-electron chi connectivity index (χ1n) is 9.05. The first kappa shape index (κ1) is 17.7. The van der Waals surface area contributed by atoms with E-state index in [0.717, 1.165) is 41.4 Å². The molecule has 6 heteroatoms. The van der Waals surface area contributed by atoms with Gasteiger partial charge in [-0.1, -0.05) is 30.3 Å². The smallest absolute Gasteiger partial charge is 0.275 e. The van der Waals surface area contributed by atoms with E-state index in [1.165, 1.54) is 11.3 Å². The molecule has 1 fully saturated rings. The molecule has 2 heterocycles. The number of hydrogen-bond acceptors (Lipinski definition) is 5. The normalized spacial score (nSPS) is 16.2. The molecule has 1 aromatic heterocycles. The monoisotopic (exact) mass is 379 g/mol. The molecule has 1 aliphatic heterocycles. The highest BCUT2D eigenvalue weighted by molar-refractivity contribution is 7.09. The van der Waals surface area contributed by atoms with E-state index in [1.807, 2.05) is 60.0 Å². The molecular formula is C21H21N3O2S. The highest BCUT2D eigenvalue weighted by atomic mass is 32.1. The Bertz CT molecular complexity index is 887. The van der Waals surface area contributed by atoms with Crippen LogP contribution in [0.1, 0.15) is 39.9 Å². The Morgan fingerprint density at radius 3 is 2.74 bits per heavy atom. The van der Waals surface area contributed by atoms with Crippen molar-refractivity contribution >= 4 is 22.9 Å². The van der Waals surface area contributed by atoms with Crippen molar-refractivity contribution < 1.29 is 9.53 Å². The summed E-state index contributed by atoms with van der Waals surface area (Å²) in [5, 5.41) is 9.11. The minimum atomic E-state index is -0.187. The van der Waals surface area contributed by atoms with Gasteiger partial charge >= 0.3 is 0 Å². The summed E-state index contributed by atoms with van der Waals surface area (Å²) in [6.45, 7) is 1.54. The fourth-order valence-corrected chi connectivity index (χ4v) is 3.93. The van der Waals surface area contributed by atoms with Crippen LogP contribution in [0.3, 0.4) is 0 Å². The van der Waals surface area contributed by atoms with Gasteiger partial charge in [-0.25, -0.2) is 4.98 Å². The van der Waals surface area contributed by atoms with Gasteiger partial charge in [0.25, 0.3) is 5.91 Å². The van der Waals surface area contributed by atoms with Crippen molar-refractivity contribution in [1.82, 2.24) is 10.3 Å². The fourth-order valence-electron chi connectivity index (χ4n) is 3.02. The van der Waals surface area contributed by atoms with Gasteiger partial charge in [0.2, 0.25) is 0 Å². The number of carbonyl (C=O) groups excluding carboxylic acids is 1. The Labute approximate surface area is 162 Å². The quantitative estimate of drug-likeness (QED) is 0.666. The van der Waals surface area contributed by atoms with Crippen molar-refractivity contribution in [3.8, 4) is 5.75 Å². The average molecular weight is 379 g/mol. The Morgan fingerprint density at radius 1 is 1.19 bits per heavy atom. The van der Waals surface area contributed by atoms with Gasteiger partial charge in [-0.15, -0.1) is 11.3 Å². The van der Waals surface area contributed by atoms with Crippen LogP contribution in [0.5, 0.6) is 5.75 Å². The lowest BCUT2D eigenvalue weighted by Gasteiger charge is -2.08. The molecule has 5 nitrogen and oxygen atoms in total. The van der Waals surface area contributed by atoms with Crippen LogP contribution < -0.4 is 15.4 Å². The molecule has 0 bridgehead atoms. The van der Waals surface area contributed by atoms with E-state index in [-0.39, 0.29) is 11.9 Å². The number of thiazole rings is 1. The lowest BCUT2D eigenvalue weighted by molar-refractivity contribution is 0.102. The van der Waals surface area contributed by atoms with Crippen molar-refractivity contribution in [3.05, 3.63) is 76.2 Å². The second-order valence-electron chi connectivity index (χ2n) is 6.47. The van der Waals surface area contributed by atoms with Gasteiger partial charge in [0.15, 0.2) is 0 Å². The molecule has 27 heavy (non-hydrogen) atoms. The van der Waals surface area contributed by atoms with Crippen molar-refractivity contribution in [1.29, 1.82) is 0 Å². The zero-order chi connectivity index (χ0) is 18.5. The lowest BCUT2D eigenvalue weighted by Crippen LogP contribution is -2.15. The number of benzene rings is 2. The molecule has 3 aromatic rings. The van der Waals surface area contributed by atoms with Gasteiger partial charge in [0, 0.05) is 11.1 Å². The molecule has 2 N–H and O–H groups in total. The summed E-state index contributed by atoms with van der Waals surface area (Å²) in [5.74, 6) is 0.577. The van der Waals surface area contributed by atoms with E-state index >= 15 is 0 Å². The second kappa shape index (κ2) is 8.33. The molecule has 0 spiro atoms. The first-order chi connectivity index (χ1) is 13.3. The SMILES string of the molecule is O=C(Nc1ccc(OCc2ccccc2)cc1)c1csc(C2CCCN2)n1. The van der Waals surface area contributed by atoms with Crippen molar-refractivity contribution in [2.24, 2.45) is 0 Å². The fraction of sp³-hybridized carbons (Fsp3) is 0.238. The maximum Gasteiger partial charge on any atom is 0.275 e. The van der Waals surface area contributed by atoms with Crippen LogP contribution in [0.2, 0.25) is 0 Å². The van der Waals surface area contributed by atoms with E-state index in [2.05, 4.69) is 15.6 Å². The number of carbonyl (C=O) groups is 1. The zero-order valence-corrected chi connectivity index (χ0v) is 15.7. The highest BCUT2D eigenvalue weighted by Crippen LogP contribution is 2.26. The topological polar surface area (TPSA) is 63.2 Å². The molecule has 138 valence electrons. The van der Waals surface area contributed by atoms with Gasteiger partial charge < -0.3 is 15.4 Å². The lowest BCUT2D eigenvalue weighted by atomic mass is 10.2. The number of rotatable bonds is 6. The summed E-state index contributed by atoms with van der Waals surface area (Å²) < 4.78 is 5.77. The molecule has 1 unspecified atom stereocenters. The summed E-state index contributed by atoms with van der Waals surface area (Å²) in [7, 11) is 0. The van der Waals surface area contributed by atoms with Crippen LogP contribution in [0.4, 0.5) is 5.69 Å². The zero-order valence-electron chi connectivity index (χ0n) is 14.9. The van der Waals surface area contributed by atoms with Crippen LogP contribution in [0.15, 0.2) is 60.0 Å². The minimum Gasteiger partial charge on any atom is -0.489 e. The minimum absolute atomic E-state index is 0.187. The molecule has 0 aliphatic carbocycles. The van der Waals surface area contributed by atoms with Gasteiger partial charge in [0.05, 0.1) is 6.04 Å². The van der Waals surface area contributed by atoms with Crippen molar-refractivity contribution in [2.75, 3.05) is 11.9 Å². The van der Waals surface area contributed by atoms with Crippen molar-refractivity contribution in [2.45, 2.75) is 25.5 Å². The highest BCUT2D eigenvalue weighted by Gasteiger charge is 2.21. The van der Waals surface area contributed by atoms with E-state index in [9.17, 15) is 4.79 Å². The van der Waals surface area contributed by atoms with Crippen molar-refractivity contribution in [3.63, 3.8) is 0 Å². The maximum atomic E-state index is 12.4. The van der Waals surface area contributed by atoms with E-state index < -0.39 is 0 Å². The van der Waals surface area contributed by atoms with Gasteiger partial charge in [-0.2, -0.15) is 0 Å². The van der Waals surface area contributed by atoms with Gasteiger partial charge in [-0.3, -0.25) is 4.79 Å². The summed E-state index contributed by atoms with van der Waals surface area (Å²) >= 11 is 1.54. The number of amides is 1. The van der Waals surface area contributed by atoms with Crippen LogP contribution in [-0.4, -0.2) is 17.4 Å². The van der Waals surface area contributed by atoms with Gasteiger partial charge in [0.1, 0.15) is 23.1 Å². The molecule has 0 radical (unpaired) electrons. The second-order valence-corrected chi connectivity index (χ2v) is 7.36. The number of aromatic nitrogens is 1. The standard InChI is InChI=1S/C21H21N3O2S/c25-20(19-14-27-21(24-19)18-7-4-12-22-18)23-16-8-10-17(11-9-16)26-13-15-5-2-1-3-6-15/h1-3,5-6,8-11,14,18,22H,4,7,12-13H2,(H,23,25). The first-order valence-corrected chi connectivity index (χ1v) is 9.93. The Morgan fingerprint density at radius 2 is 2.00 bits per heavy atom. The molecule has 1 aliphatic rings. The van der Waals surface area contributed by atoms with Gasteiger partial charge in [-0.05, 0) is 49.2 Å².